The second-order valence-electron chi connectivity index (χ2n) is 11.1. The summed E-state index contributed by atoms with van der Waals surface area (Å²) in [5.74, 6) is -0.286. The average Bonchev–Trinajstić information content (AvgIpc) is 3.00. The van der Waals surface area contributed by atoms with Crippen LogP contribution in [-0.4, -0.2) is 113 Å². The van der Waals surface area contributed by atoms with E-state index in [0.717, 1.165) is 42.4 Å². The van der Waals surface area contributed by atoms with Crippen molar-refractivity contribution in [2.75, 3.05) is 50.0 Å². The summed E-state index contributed by atoms with van der Waals surface area (Å²) in [6, 6.07) is 8.77. The lowest BCUT2D eigenvalue weighted by atomic mass is 9.92. The number of imide groups is 1. The summed E-state index contributed by atoms with van der Waals surface area (Å²) in [6.07, 6.45) is 0.720. The Morgan fingerprint density at radius 2 is 1.76 bits per heavy atom. The van der Waals surface area contributed by atoms with Gasteiger partial charge in [0.2, 0.25) is 5.91 Å². The van der Waals surface area contributed by atoms with E-state index in [9.17, 15) is 29.7 Å². The quantitative estimate of drug-likeness (QED) is 0.187. The van der Waals surface area contributed by atoms with E-state index in [0.29, 0.717) is 36.4 Å². The lowest BCUT2D eigenvalue weighted by Gasteiger charge is -2.42. The normalized spacial score (nSPS) is 26.1. The number of nitrogens with zero attached hydrogens (tertiary/aromatic N) is 2. The molecule has 3 aliphatic rings. The van der Waals surface area contributed by atoms with Crippen molar-refractivity contribution in [3.05, 3.63) is 41.5 Å². The van der Waals surface area contributed by atoms with Crippen LogP contribution in [0.15, 0.2) is 30.3 Å². The van der Waals surface area contributed by atoms with Gasteiger partial charge in [0.1, 0.15) is 23.7 Å². The largest absolute Gasteiger partial charge is 0.394 e. The van der Waals surface area contributed by atoms with Crippen LogP contribution in [0.4, 0.5) is 5.69 Å². The summed E-state index contributed by atoms with van der Waals surface area (Å²) in [5, 5.41) is 37.7. The van der Waals surface area contributed by atoms with Crippen molar-refractivity contribution in [2.24, 2.45) is 0 Å². The second-order valence-corrected chi connectivity index (χ2v) is 12.3. The molecule has 3 aliphatic heterocycles. The Hall–Kier alpha value is -2.74. The highest BCUT2D eigenvalue weighted by atomic mass is 32.2. The van der Waals surface area contributed by atoms with Crippen molar-refractivity contribution in [1.29, 1.82) is 0 Å². The van der Waals surface area contributed by atoms with E-state index in [1.807, 2.05) is 24.3 Å². The van der Waals surface area contributed by atoms with E-state index in [-0.39, 0.29) is 24.3 Å². The van der Waals surface area contributed by atoms with Gasteiger partial charge in [-0.2, -0.15) is 0 Å². The van der Waals surface area contributed by atoms with Gasteiger partial charge in [-0.05, 0) is 56.2 Å². The van der Waals surface area contributed by atoms with Gasteiger partial charge in [0.25, 0.3) is 11.8 Å². The number of ether oxygens (including phenoxy) is 1. The lowest BCUT2D eigenvalue weighted by molar-refractivity contribution is -0.173. The molecule has 12 heteroatoms. The molecule has 3 amide bonds. The Bertz CT molecular complexity index is 1280. The molecule has 2 saturated heterocycles. The summed E-state index contributed by atoms with van der Waals surface area (Å²) < 4.78 is 5.74. The van der Waals surface area contributed by atoms with Gasteiger partial charge >= 0.3 is 0 Å². The Balaban J connectivity index is 1.13. The van der Waals surface area contributed by atoms with Crippen molar-refractivity contribution >= 4 is 45.9 Å². The predicted octanol–water partition coefficient (Wildman–Crippen LogP) is 1.08. The number of carbonyl (C=O) groups excluding carboxylic acids is 3. The van der Waals surface area contributed by atoms with E-state index < -0.39 is 36.4 Å². The number of benzene rings is 2. The zero-order valence-corrected chi connectivity index (χ0v) is 24.6. The summed E-state index contributed by atoms with van der Waals surface area (Å²) in [5.41, 5.74) is 1.58. The lowest BCUT2D eigenvalue weighted by Crippen LogP contribution is -2.63. The number of amides is 3. The number of piperidine rings is 1. The molecule has 0 unspecified atom stereocenters. The Morgan fingerprint density at radius 1 is 1.02 bits per heavy atom. The zero-order valence-electron chi connectivity index (χ0n) is 23.8. The van der Waals surface area contributed by atoms with Gasteiger partial charge in [0, 0.05) is 60.7 Å². The maximum Gasteiger partial charge on any atom is 0.261 e. The van der Waals surface area contributed by atoms with Gasteiger partial charge in [0.05, 0.1) is 12.6 Å². The maximum atomic E-state index is 13.4. The van der Waals surface area contributed by atoms with Crippen LogP contribution in [0, 0.1) is 0 Å². The van der Waals surface area contributed by atoms with Crippen molar-refractivity contribution in [1.82, 2.24) is 15.5 Å². The smallest absolute Gasteiger partial charge is 0.261 e. The van der Waals surface area contributed by atoms with Crippen LogP contribution in [0.5, 0.6) is 0 Å². The number of aliphatic hydroxyl groups excluding tert-OH is 3. The molecule has 0 saturated carbocycles. The third-order valence-corrected chi connectivity index (χ3v) is 9.47. The number of aliphatic hydroxyl groups is 3. The summed E-state index contributed by atoms with van der Waals surface area (Å²) in [4.78, 5) is 42.1. The molecule has 3 heterocycles. The van der Waals surface area contributed by atoms with Crippen LogP contribution in [0.2, 0.25) is 0 Å². The maximum absolute atomic E-state index is 13.4. The number of nitrogens with one attached hydrogen (secondary N) is 2. The van der Waals surface area contributed by atoms with Crippen LogP contribution in [-0.2, 0) is 9.53 Å². The van der Waals surface area contributed by atoms with Crippen molar-refractivity contribution in [2.45, 2.75) is 62.4 Å². The minimum atomic E-state index is -1.30. The third kappa shape index (κ3) is 6.29. The molecule has 0 radical (unpaired) electrons. The van der Waals surface area contributed by atoms with Gasteiger partial charge in [-0.3, -0.25) is 19.3 Å². The minimum absolute atomic E-state index is 0.243. The van der Waals surface area contributed by atoms with Gasteiger partial charge in [0.15, 0.2) is 0 Å². The predicted molar refractivity (Wildman–Crippen MR) is 161 cm³/mol. The number of thioether (sulfide) groups is 1. The highest BCUT2D eigenvalue weighted by molar-refractivity contribution is 7.99. The average molecular weight is 601 g/mol. The van der Waals surface area contributed by atoms with Crippen molar-refractivity contribution in [3.63, 3.8) is 0 Å². The van der Waals surface area contributed by atoms with Gasteiger partial charge in [-0.25, -0.2) is 0 Å². The highest BCUT2D eigenvalue weighted by Gasteiger charge is 2.44. The fraction of sp³-hybridized carbons (Fsp3) is 0.567. The van der Waals surface area contributed by atoms with Gasteiger partial charge in [-0.1, -0.05) is 12.1 Å². The molecule has 0 aromatic heterocycles. The second kappa shape index (κ2) is 13.7. The Kier molecular flexibility index (Phi) is 10.0. The molecule has 0 spiro atoms. The van der Waals surface area contributed by atoms with E-state index >= 15 is 0 Å². The Morgan fingerprint density at radius 3 is 2.48 bits per heavy atom. The number of anilines is 1. The van der Waals surface area contributed by atoms with E-state index in [1.54, 1.807) is 6.07 Å². The van der Waals surface area contributed by atoms with Crippen molar-refractivity contribution < 1.29 is 34.4 Å². The minimum Gasteiger partial charge on any atom is -0.394 e. The van der Waals surface area contributed by atoms with E-state index in [4.69, 9.17) is 4.74 Å². The molecule has 2 fully saturated rings. The molecule has 2 aromatic rings. The first-order chi connectivity index (χ1) is 20.3. The van der Waals surface area contributed by atoms with Crippen LogP contribution in [0.3, 0.4) is 0 Å². The first-order valence-electron chi connectivity index (χ1n) is 14.7. The van der Waals surface area contributed by atoms with Crippen LogP contribution < -0.4 is 15.5 Å². The molecule has 0 bridgehead atoms. The molecule has 228 valence electrons. The first kappa shape index (κ1) is 30.7. The van der Waals surface area contributed by atoms with Crippen LogP contribution in [0.1, 0.15) is 53.3 Å². The van der Waals surface area contributed by atoms with Crippen LogP contribution >= 0.6 is 11.8 Å². The number of hydrogen-bond donors (Lipinski definition) is 5. The molecule has 5 N–H and O–H groups in total. The molecule has 5 atom stereocenters. The van der Waals surface area contributed by atoms with Crippen molar-refractivity contribution in [3.8, 4) is 0 Å². The fourth-order valence-corrected chi connectivity index (χ4v) is 7.27. The number of rotatable bonds is 11. The summed E-state index contributed by atoms with van der Waals surface area (Å²) in [6.45, 7) is 4.13. The molecule has 5 rings (SSSR count). The monoisotopic (exact) mass is 600 g/mol. The van der Waals surface area contributed by atoms with Crippen LogP contribution in [0.25, 0.3) is 10.8 Å². The molecule has 42 heavy (non-hydrogen) atoms. The summed E-state index contributed by atoms with van der Waals surface area (Å²) >= 11 is 1.38. The molecule has 11 nitrogen and oxygen atoms in total. The standard InChI is InChI=1S/C30H40N4O7S/c1-18(36)32-25-27(38)26(37)23(17-35)41-30(25)42-16-6-11-31-12-15-34-28(39)20-8-5-7-19-22(33-13-3-2-4-14-33)10-9-21(24(19)20)29(34)40/h5,7-10,23,25-27,30-31,35,37-38H,2-4,6,11-17H2,1H3,(H,32,36)/t23-,25-,26-,27-,30+/m1/s1. The number of hydrogen-bond acceptors (Lipinski definition) is 10. The fourth-order valence-electron chi connectivity index (χ4n) is 6.07. The Labute approximate surface area is 249 Å². The van der Waals surface area contributed by atoms with Gasteiger partial charge in [-0.15, -0.1) is 11.8 Å². The summed E-state index contributed by atoms with van der Waals surface area (Å²) in [7, 11) is 0. The SMILES string of the molecule is CC(=O)N[C@@H]1[C@@H](O)[C@H](O)[C@@H](CO)O[C@H]1SCCCNCCN1C(=O)c2cccc3c(N4CCCCC4)ccc(c23)C1=O. The number of carbonyl (C=O) groups is 3. The highest BCUT2D eigenvalue weighted by Crippen LogP contribution is 2.37. The topological polar surface area (TPSA) is 152 Å². The third-order valence-electron chi connectivity index (χ3n) is 8.21. The molecule has 2 aromatic carbocycles. The van der Waals surface area contributed by atoms with E-state index in [2.05, 4.69) is 15.5 Å². The van der Waals surface area contributed by atoms with Gasteiger partial charge < -0.3 is 35.6 Å². The molecular formula is C30H40N4O7S. The molecule has 0 aliphatic carbocycles. The first-order valence-corrected chi connectivity index (χ1v) is 15.8. The zero-order chi connectivity index (χ0) is 29.8. The molecular weight excluding hydrogens is 560 g/mol. The van der Waals surface area contributed by atoms with E-state index in [1.165, 1.54) is 30.0 Å².